The quantitative estimate of drug-likeness (QED) is 0.732. The van der Waals surface area contributed by atoms with Gasteiger partial charge in [-0.15, -0.1) is 11.3 Å². The van der Waals surface area contributed by atoms with Crippen LogP contribution >= 0.6 is 11.3 Å². The van der Waals surface area contributed by atoms with Gasteiger partial charge in [0.2, 0.25) is 5.82 Å². The molecule has 0 atom stereocenters. The first-order chi connectivity index (χ1) is 10.6. The topological polar surface area (TPSA) is 61.0 Å². The third kappa shape index (κ3) is 2.77. The Morgan fingerprint density at radius 1 is 1.27 bits per heavy atom. The van der Waals surface area contributed by atoms with E-state index in [9.17, 15) is 4.39 Å². The number of thiazole rings is 1. The largest absolute Gasteiger partial charge is 0.378 e. The maximum atomic E-state index is 13.3. The number of hydrogen-bond donors (Lipinski definition) is 0. The van der Waals surface area contributed by atoms with Crippen LogP contribution in [-0.2, 0) is 11.3 Å². The standard InChI is InChI=1S/C15H14FN3O2S/c1-8-6-10(4-5-11(8)16)14-18-15(21-19-14)13-9(2)17-12(22-13)7-20-3/h4-6H,7H2,1-3H3. The molecule has 1 aromatic carbocycles. The molecule has 0 aliphatic rings. The first kappa shape index (κ1) is 14.8. The van der Waals surface area contributed by atoms with Gasteiger partial charge in [-0.05, 0) is 37.6 Å². The van der Waals surface area contributed by atoms with Crippen LogP contribution in [0.3, 0.4) is 0 Å². The number of benzene rings is 1. The molecular weight excluding hydrogens is 305 g/mol. The van der Waals surface area contributed by atoms with Crippen molar-refractivity contribution in [2.75, 3.05) is 7.11 Å². The van der Waals surface area contributed by atoms with E-state index in [1.54, 1.807) is 26.2 Å². The van der Waals surface area contributed by atoms with Crippen molar-refractivity contribution in [3.8, 4) is 22.2 Å². The number of rotatable bonds is 4. The molecule has 3 rings (SSSR count). The second-order valence-corrected chi connectivity index (χ2v) is 5.93. The van der Waals surface area contributed by atoms with Crippen molar-refractivity contribution in [2.24, 2.45) is 0 Å². The van der Waals surface area contributed by atoms with Gasteiger partial charge in [-0.3, -0.25) is 0 Å². The highest BCUT2D eigenvalue weighted by molar-refractivity contribution is 7.15. The Bertz CT molecular complexity index is 813. The average molecular weight is 319 g/mol. The first-order valence-electron chi connectivity index (χ1n) is 6.64. The van der Waals surface area contributed by atoms with Crippen molar-refractivity contribution in [1.29, 1.82) is 0 Å². The summed E-state index contributed by atoms with van der Waals surface area (Å²) in [5.41, 5.74) is 2.08. The SMILES string of the molecule is COCc1nc(C)c(-c2nc(-c3ccc(F)c(C)c3)no2)s1. The predicted octanol–water partition coefficient (Wildman–Crippen LogP) is 3.76. The molecule has 22 heavy (non-hydrogen) atoms. The van der Waals surface area contributed by atoms with E-state index in [1.165, 1.54) is 17.4 Å². The summed E-state index contributed by atoms with van der Waals surface area (Å²) in [6.45, 7) is 4.03. The molecule has 2 aromatic heterocycles. The molecule has 0 saturated heterocycles. The molecular formula is C15H14FN3O2S. The van der Waals surface area contributed by atoms with Crippen LogP contribution in [0.2, 0.25) is 0 Å². The molecule has 0 aliphatic carbocycles. The number of methoxy groups -OCH3 is 1. The lowest BCUT2D eigenvalue weighted by atomic mass is 10.1. The van der Waals surface area contributed by atoms with Gasteiger partial charge in [0.05, 0.1) is 12.3 Å². The van der Waals surface area contributed by atoms with E-state index < -0.39 is 0 Å². The minimum Gasteiger partial charge on any atom is -0.378 e. The molecule has 0 unspecified atom stereocenters. The van der Waals surface area contributed by atoms with Gasteiger partial charge in [-0.2, -0.15) is 4.98 Å². The Balaban J connectivity index is 1.95. The van der Waals surface area contributed by atoms with Crippen LogP contribution in [0, 0.1) is 19.7 Å². The molecule has 0 amide bonds. The molecule has 0 radical (unpaired) electrons. The fraction of sp³-hybridized carbons (Fsp3) is 0.267. The van der Waals surface area contributed by atoms with Crippen LogP contribution in [0.25, 0.3) is 22.2 Å². The van der Waals surface area contributed by atoms with Gasteiger partial charge < -0.3 is 9.26 Å². The van der Waals surface area contributed by atoms with E-state index in [0.717, 1.165) is 15.6 Å². The van der Waals surface area contributed by atoms with Gasteiger partial charge in [0.15, 0.2) is 0 Å². The fourth-order valence-corrected chi connectivity index (χ4v) is 3.01. The van der Waals surface area contributed by atoms with Crippen molar-refractivity contribution in [3.63, 3.8) is 0 Å². The predicted molar refractivity (Wildman–Crippen MR) is 81.0 cm³/mol. The molecule has 114 valence electrons. The fourth-order valence-electron chi connectivity index (χ4n) is 2.05. The van der Waals surface area contributed by atoms with Crippen LogP contribution in [0.1, 0.15) is 16.3 Å². The summed E-state index contributed by atoms with van der Waals surface area (Å²) in [6.07, 6.45) is 0. The van der Waals surface area contributed by atoms with Gasteiger partial charge in [0.1, 0.15) is 15.7 Å². The number of halogens is 1. The Labute approximate surface area is 130 Å². The third-order valence-corrected chi connectivity index (χ3v) is 4.26. The Kier molecular flexibility index (Phi) is 4.00. The number of ether oxygens (including phenoxy) is 1. The van der Waals surface area contributed by atoms with Crippen molar-refractivity contribution >= 4 is 11.3 Å². The maximum Gasteiger partial charge on any atom is 0.270 e. The summed E-state index contributed by atoms with van der Waals surface area (Å²) < 4.78 is 23.7. The lowest BCUT2D eigenvalue weighted by Gasteiger charge is -1.97. The number of nitrogens with zero attached hydrogens (tertiary/aromatic N) is 3. The summed E-state index contributed by atoms with van der Waals surface area (Å²) in [4.78, 5) is 9.61. The smallest absolute Gasteiger partial charge is 0.270 e. The molecule has 0 saturated carbocycles. The zero-order valence-electron chi connectivity index (χ0n) is 12.4. The molecule has 0 spiro atoms. The van der Waals surface area contributed by atoms with E-state index in [-0.39, 0.29) is 5.82 Å². The van der Waals surface area contributed by atoms with Gasteiger partial charge in [-0.25, -0.2) is 9.37 Å². The highest BCUT2D eigenvalue weighted by Crippen LogP contribution is 2.30. The molecule has 5 nitrogen and oxygen atoms in total. The number of aryl methyl sites for hydroxylation is 2. The van der Waals surface area contributed by atoms with Crippen LogP contribution in [0.5, 0.6) is 0 Å². The highest BCUT2D eigenvalue weighted by atomic mass is 32.1. The van der Waals surface area contributed by atoms with E-state index >= 15 is 0 Å². The maximum absolute atomic E-state index is 13.3. The molecule has 0 aliphatic heterocycles. The van der Waals surface area contributed by atoms with Gasteiger partial charge >= 0.3 is 0 Å². The lowest BCUT2D eigenvalue weighted by molar-refractivity contribution is 0.184. The van der Waals surface area contributed by atoms with Crippen molar-refractivity contribution in [2.45, 2.75) is 20.5 Å². The van der Waals surface area contributed by atoms with Crippen LogP contribution < -0.4 is 0 Å². The Morgan fingerprint density at radius 3 is 2.82 bits per heavy atom. The first-order valence-corrected chi connectivity index (χ1v) is 7.46. The van der Waals surface area contributed by atoms with Gasteiger partial charge in [0, 0.05) is 12.7 Å². The molecule has 3 aromatic rings. The van der Waals surface area contributed by atoms with E-state index in [0.29, 0.717) is 29.4 Å². The lowest BCUT2D eigenvalue weighted by Crippen LogP contribution is -1.86. The summed E-state index contributed by atoms with van der Waals surface area (Å²) >= 11 is 1.46. The second kappa shape index (κ2) is 5.94. The molecule has 0 N–H and O–H groups in total. The summed E-state index contributed by atoms with van der Waals surface area (Å²) in [5.74, 6) is 0.587. The zero-order chi connectivity index (χ0) is 15.7. The van der Waals surface area contributed by atoms with Gasteiger partial charge in [-0.1, -0.05) is 5.16 Å². The third-order valence-electron chi connectivity index (χ3n) is 3.15. The molecule has 0 bridgehead atoms. The summed E-state index contributed by atoms with van der Waals surface area (Å²) in [5, 5.41) is 4.82. The molecule has 2 heterocycles. The second-order valence-electron chi connectivity index (χ2n) is 4.84. The normalized spacial score (nSPS) is 11.1. The molecule has 7 heteroatoms. The van der Waals surface area contributed by atoms with Crippen molar-refractivity contribution < 1.29 is 13.7 Å². The zero-order valence-corrected chi connectivity index (χ0v) is 13.2. The van der Waals surface area contributed by atoms with Crippen molar-refractivity contribution in [1.82, 2.24) is 15.1 Å². The molecule has 0 fully saturated rings. The highest BCUT2D eigenvalue weighted by Gasteiger charge is 2.17. The summed E-state index contributed by atoms with van der Waals surface area (Å²) in [7, 11) is 1.62. The minimum atomic E-state index is -0.255. The van der Waals surface area contributed by atoms with Gasteiger partial charge in [0.25, 0.3) is 5.89 Å². The number of hydrogen-bond acceptors (Lipinski definition) is 6. The van der Waals surface area contributed by atoms with Crippen LogP contribution in [0.15, 0.2) is 22.7 Å². The number of aromatic nitrogens is 3. The van der Waals surface area contributed by atoms with Crippen LogP contribution in [-0.4, -0.2) is 22.2 Å². The van der Waals surface area contributed by atoms with E-state index in [2.05, 4.69) is 15.1 Å². The summed E-state index contributed by atoms with van der Waals surface area (Å²) in [6, 6.07) is 4.72. The van der Waals surface area contributed by atoms with Crippen molar-refractivity contribution in [3.05, 3.63) is 40.3 Å². The van der Waals surface area contributed by atoms with E-state index in [1.807, 2.05) is 6.92 Å². The Morgan fingerprint density at radius 2 is 2.09 bits per heavy atom. The van der Waals surface area contributed by atoms with Crippen LogP contribution in [0.4, 0.5) is 4.39 Å². The Hall–Kier alpha value is -2.12. The monoisotopic (exact) mass is 319 g/mol. The minimum absolute atomic E-state index is 0.255. The van der Waals surface area contributed by atoms with E-state index in [4.69, 9.17) is 9.26 Å². The average Bonchev–Trinajstić information content (AvgIpc) is 3.09.